The zero-order valence-corrected chi connectivity index (χ0v) is 21.7. The zero-order chi connectivity index (χ0) is 27.4. The molecule has 10 nitrogen and oxygen atoms in total. The molecule has 2 heterocycles. The molecule has 0 radical (unpaired) electrons. The van der Waals surface area contributed by atoms with Crippen LogP contribution in [0.1, 0.15) is 66.6 Å². The summed E-state index contributed by atoms with van der Waals surface area (Å²) in [5.74, 6) is -1.94. The monoisotopic (exact) mass is 520 g/mol. The lowest BCUT2D eigenvalue weighted by Crippen LogP contribution is -2.52. The van der Waals surface area contributed by atoms with Crippen LogP contribution in [0.15, 0.2) is 48.5 Å². The lowest BCUT2D eigenvalue weighted by molar-refractivity contribution is -0.137. The first kappa shape index (κ1) is 26.8. The Bertz CT molecular complexity index is 1250. The maximum Gasteiger partial charge on any atom is 0.407 e. The molecule has 2 atom stereocenters. The number of carbonyl (C=O) groups excluding carboxylic acids is 5. The third-order valence-corrected chi connectivity index (χ3v) is 6.42. The van der Waals surface area contributed by atoms with Crippen molar-refractivity contribution in [3.8, 4) is 0 Å². The van der Waals surface area contributed by atoms with Gasteiger partial charge in [-0.1, -0.05) is 42.5 Å². The summed E-state index contributed by atoms with van der Waals surface area (Å²) in [5, 5.41) is 7.90. The maximum atomic E-state index is 13.2. The van der Waals surface area contributed by atoms with Crippen LogP contribution in [0.5, 0.6) is 0 Å². The second-order valence-corrected chi connectivity index (χ2v) is 10.5. The summed E-state index contributed by atoms with van der Waals surface area (Å²) < 4.78 is 5.29. The third kappa shape index (κ3) is 6.37. The highest BCUT2D eigenvalue weighted by atomic mass is 16.6. The van der Waals surface area contributed by atoms with Gasteiger partial charge in [-0.2, -0.15) is 0 Å². The normalized spacial score (nSPS) is 17.9. The molecule has 38 heavy (non-hydrogen) atoms. The van der Waals surface area contributed by atoms with Gasteiger partial charge in [0.1, 0.15) is 11.6 Å². The molecule has 3 N–H and O–H groups in total. The quantitative estimate of drug-likeness (QED) is 0.480. The van der Waals surface area contributed by atoms with Gasteiger partial charge >= 0.3 is 6.09 Å². The first-order valence-electron chi connectivity index (χ1n) is 12.6. The van der Waals surface area contributed by atoms with E-state index in [0.717, 1.165) is 16.7 Å². The number of hydrogen-bond acceptors (Lipinski definition) is 6. The second-order valence-electron chi connectivity index (χ2n) is 10.5. The van der Waals surface area contributed by atoms with Gasteiger partial charge in [0.25, 0.3) is 5.91 Å². The van der Waals surface area contributed by atoms with Crippen molar-refractivity contribution in [1.82, 2.24) is 20.9 Å². The second kappa shape index (κ2) is 11.0. The first-order valence-corrected chi connectivity index (χ1v) is 12.6. The van der Waals surface area contributed by atoms with Crippen molar-refractivity contribution in [1.29, 1.82) is 0 Å². The van der Waals surface area contributed by atoms with E-state index < -0.39 is 29.6 Å². The van der Waals surface area contributed by atoms with Crippen molar-refractivity contribution < 1.29 is 28.7 Å². The van der Waals surface area contributed by atoms with Crippen LogP contribution in [0.25, 0.3) is 0 Å². The molecule has 2 aromatic rings. The predicted octanol–water partition coefficient (Wildman–Crippen LogP) is 2.37. The molecule has 1 fully saturated rings. The van der Waals surface area contributed by atoms with Crippen LogP contribution in [-0.4, -0.2) is 52.8 Å². The fourth-order valence-corrected chi connectivity index (χ4v) is 4.60. The average molecular weight is 521 g/mol. The number of benzene rings is 2. The Morgan fingerprint density at radius 1 is 1.08 bits per heavy atom. The van der Waals surface area contributed by atoms with Crippen LogP contribution >= 0.6 is 0 Å². The fourth-order valence-electron chi connectivity index (χ4n) is 4.60. The molecule has 0 spiro atoms. The standard InChI is InChI=1S/C28H32N4O6/c1-28(2,3)38-27(37)30-15-21(18-7-5-4-6-8-18)24(34)29-14-17-9-10-20-19(13-17)16-32(26(20)36)22-11-12-23(33)31-25(22)35/h4-10,13,21-22H,11-12,14-16H2,1-3H3,(H,29,34)(H,30,37)(H,31,33,35)/t21-,22?/m0/s1. The highest BCUT2D eigenvalue weighted by Gasteiger charge is 2.39. The number of nitrogens with one attached hydrogen (secondary N) is 3. The van der Waals surface area contributed by atoms with Crippen molar-refractivity contribution >= 4 is 29.7 Å². The van der Waals surface area contributed by atoms with E-state index in [1.165, 1.54) is 4.90 Å². The van der Waals surface area contributed by atoms with E-state index in [9.17, 15) is 24.0 Å². The minimum Gasteiger partial charge on any atom is -0.444 e. The SMILES string of the molecule is CC(C)(C)OC(=O)NC[C@H](C(=O)NCc1ccc2c(c1)CN(C1CCC(=O)NC1=O)C2=O)c1ccccc1. The van der Waals surface area contributed by atoms with Gasteiger partial charge in [-0.05, 0) is 49.9 Å². The summed E-state index contributed by atoms with van der Waals surface area (Å²) in [6, 6.07) is 13.8. The van der Waals surface area contributed by atoms with Crippen molar-refractivity contribution in [3.05, 3.63) is 70.8 Å². The molecule has 1 unspecified atom stereocenters. The minimum atomic E-state index is -0.681. The van der Waals surface area contributed by atoms with E-state index in [4.69, 9.17) is 4.74 Å². The van der Waals surface area contributed by atoms with Crippen LogP contribution in [0, 0.1) is 0 Å². The van der Waals surface area contributed by atoms with Gasteiger partial charge in [0.15, 0.2) is 0 Å². The summed E-state index contributed by atoms with van der Waals surface area (Å²) in [4.78, 5) is 63.5. The van der Waals surface area contributed by atoms with E-state index in [1.807, 2.05) is 36.4 Å². The van der Waals surface area contributed by atoms with Gasteiger partial charge in [-0.3, -0.25) is 24.5 Å². The number of amides is 5. The van der Waals surface area contributed by atoms with E-state index in [-0.39, 0.29) is 43.8 Å². The smallest absolute Gasteiger partial charge is 0.407 e. The Morgan fingerprint density at radius 2 is 1.82 bits per heavy atom. The summed E-state index contributed by atoms with van der Waals surface area (Å²) >= 11 is 0. The molecule has 200 valence electrons. The van der Waals surface area contributed by atoms with E-state index in [2.05, 4.69) is 16.0 Å². The molecule has 2 aromatic carbocycles. The number of rotatable bonds is 7. The zero-order valence-electron chi connectivity index (χ0n) is 21.7. The van der Waals surface area contributed by atoms with E-state index >= 15 is 0 Å². The third-order valence-electron chi connectivity index (χ3n) is 6.42. The first-order chi connectivity index (χ1) is 18.0. The molecular formula is C28H32N4O6. The van der Waals surface area contributed by atoms with Crippen molar-refractivity contribution in [2.75, 3.05) is 6.54 Å². The summed E-state index contributed by atoms with van der Waals surface area (Å²) in [7, 11) is 0. The highest BCUT2D eigenvalue weighted by Crippen LogP contribution is 2.28. The molecule has 0 aromatic heterocycles. The van der Waals surface area contributed by atoms with Gasteiger partial charge in [-0.25, -0.2) is 4.79 Å². The van der Waals surface area contributed by atoms with Gasteiger partial charge in [-0.15, -0.1) is 0 Å². The molecular weight excluding hydrogens is 488 g/mol. The Labute approximate surface area is 221 Å². The van der Waals surface area contributed by atoms with Crippen molar-refractivity contribution in [2.24, 2.45) is 0 Å². The molecule has 0 bridgehead atoms. The number of carbonyl (C=O) groups is 5. The molecule has 10 heteroatoms. The lowest BCUT2D eigenvalue weighted by Gasteiger charge is -2.29. The number of hydrogen-bond donors (Lipinski definition) is 3. The molecule has 4 rings (SSSR count). The van der Waals surface area contributed by atoms with Crippen LogP contribution in [0.3, 0.4) is 0 Å². The molecule has 1 saturated heterocycles. The van der Waals surface area contributed by atoms with Crippen LogP contribution in [0.2, 0.25) is 0 Å². The van der Waals surface area contributed by atoms with Crippen LogP contribution < -0.4 is 16.0 Å². The lowest BCUT2D eigenvalue weighted by atomic mass is 9.98. The summed E-state index contributed by atoms with van der Waals surface area (Å²) in [6.07, 6.45) is -0.111. The van der Waals surface area contributed by atoms with Crippen LogP contribution in [0.4, 0.5) is 4.79 Å². The van der Waals surface area contributed by atoms with Gasteiger partial charge < -0.3 is 20.3 Å². The Hall–Kier alpha value is -4.21. The number of piperidine rings is 1. The van der Waals surface area contributed by atoms with Gasteiger partial charge in [0, 0.05) is 31.6 Å². The average Bonchev–Trinajstić information content (AvgIpc) is 3.18. The van der Waals surface area contributed by atoms with Crippen molar-refractivity contribution in [2.45, 2.75) is 64.3 Å². The fraction of sp³-hybridized carbons (Fsp3) is 0.393. The highest BCUT2D eigenvalue weighted by molar-refractivity contribution is 6.05. The van der Waals surface area contributed by atoms with Gasteiger partial charge in [0.05, 0.1) is 5.92 Å². The Kier molecular flexibility index (Phi) is 7.80. The predicted molar refractivity (Wildman–Crippen MR) is 138 cm³/mol. The maximum absolute atomic E-state index is 13.2. The largest absolute Gasteiger partial charge is 0.444 e. The Morgan fingerprint density at radius 3 is 2.50 bits per heavy atom. The molecule has 0 saturated carbocycles. The number of alkyl carbamates (subject to hydrolysis) is 1. The van der Waals surface area contributed by atoms with E-state index in [0.29, 0.717) is 12.0 Å². The Balaban J connectivity index is 1.40. The minimum absolute atomic E-state index is 0.0599. The number of nitrogens with zero attached hydrogens (tertiary/aromatic N) is 1. The van der Waals surface area contributed by atoms with E-state index in [1.54, 1.807) is 32.9 Å². The number of fused-ring (bicyclic) bond motifs is 1. The van der Waals surface area contributed by atoms with Crippen LogP contribution in [-0.2, 0) is 32.2 Å². The molecule has 0 aliphatic carbocycles. The van der Waals surface area contributed by atoms with Gasteiger partial charge in [0.2, 0.25) is 17.7 Å². The molecule has 2 aliphatic heterocycles. The number of ether oxygens (including phenoxy) is 1. The molecule has 5 amide bonds. The number of imide groups is 1. The van der Waals surface area contributed by atoms with Crippen molar-refractivity contribution in [3.63, 3.8) is 0 Å². The topological polar surface area (TPSA) is 134 Å². The molecule has 2 aliphatic rings. The summed E-state index contributed by atoms with van der Waals surface area (Å²) in [5.41, 5.74) is 2.16. The summed E-state index contributed by atoms with van der Waals surface area (Å²) in [6.45, 7) is 5.83.